The van der Waals surface area contributed by atoms with E-state index in [0.29, 0.717) is 23.4 Å². The van der Waals surface area contributed by atoms with Crippen LogP contribution >= 0.6 is 0 Å². The summed E-state index contributed by atoms with van der Waals surface area (Å²) in [7, 11) is 0. The maximum absolute atomic E-state index is 11.7. The Morgan fingerprint density at radius 3 is 2.53 bits per heavy atom. The van der Waals surface area contributed by atoms with Gasteiger partial charge in [0.1, 0.15) is 0 Å². The van der Waals surface area contributed by atoms with Crippen LogP contribution in [0.2, 0.25) is 0 Å². The predicted molar refractivity (Wildman–Crippen MR) is 70.6 cm³/mol. The number of benzene rings is 1. The minimum atomic E-state index is -0.214. The van der Waals surface area contributed by atoms with E-state index in [2.05, 4.69) is 16.0 Å². The topological polar surface area (TPSA) is 70.2 Å². The summed E-state index contributed by atoms with van der Waals surface area (Å²) in [6, 6.07) is 9.21. The number of carbonyl (C=O) groups is 2. The van der Waals surface area contributed by atoms with Crippen LogP contribution < -0.4 is 16.0 Å². The molecule has 2 fully saturated rings. The number of rotatable bonds is 4. The second kappa shape index (κ2) is 5.01. The Bertz CT molecular complexity index is 479. The minimum Gasteiger partial charge on any atom is -0.351 e. The van der Waals surface area contributed by atoms with E-state index in [1.54, 1.807) is 24.3 Å². The summed E-state index contributed by atoms with van der Waals surface area (Å²) in [6.45, 7) is 2.02. The molecule has 5 nitrogen and oxygen atoms in total. The summed E-state index contributed by atoms with van der Waals surface area (Å²) >= 11 is 0. The van der Waals surface area contributed by atoms with Gasteiger partial charge in [-0.15, -0.1) is 0 Å². The van der Waals surface area contributed by atoms with Crippen LogP contribution in [0, 0.1) is 11.8 Å². The lowest BCUT2D eigenvalue weighted by atomic mass is 10.2. The van der Waals surface area contributed by atoms with Crippen LogP contribution in [-0.4, -0.2) is 37.5 Å². The van der Waals surface area contributed by atoms with Crippen molar-refractivity contribution in [1.29, 1.82) is 0 Å². The highest BCUT2D eigenvalue weighted by molar-refractivity contribution is 5.96. The number of hydrogen-bond acceptors (Lipinski definition) is 3. The Morgan fingerprint density at radius 2 is 1.84 bits per heavy atom. The summed E-state index contributed by atoms with van der Waals surface area (Å²) < 4.78 is 0. The number of nitrogens with one attached hydrogen (secondary N) is 3. The third kappa shape index (κ3) is 2.61. The Labute approximate surface area is 111 Å². The van der Waals surface area contributed by atoms with Gasteiger partial charge < -0.3 is 16.0 Å². The molecule has 3 N–H and O–H groups in total. The highest BCUT2D eigenvalue weighted by Gasteiger charge is 2.53. The monoisotopic (exact) mass is 259 g/mol. The van der Waals surface area contributed by atoms with Gasteiger partial charge in [0, 0.05) is 24.7 Å². The van der Waals surface area contributed by atoms with Gasteiger partial charge in [0.15, 0.2) is 0 Å². The smallest absolute Gasteiger partial charge is 0.251 e. The third-order valence-corrected chi connectivity index (χ3v) is 3.86. The highest BCUT2D eigenvalue weighted by Crippen LogP contribution is 2.41. The van der Waals surface area contributed by atoms with E-state index in [4.69, 9.17) is 0 Å². The van der Waals surface area contributed by atoms with E-state index in [0.717, 1.165) is 13.1 Å². The molecular formula is C14H17N3O2. The Kier molecular flexibility index (Phi) is 3.21. The van der Waals surface area contributed by atoms with Crippen LogP contribution in [-0.2, 0) is 4.79 Å². The summed E-state index contributed by atoms with van der Waals surface area (Å²) in [5, 5.41) is 8.88. The lowest BCUT2D eigenvalue weighted by Gasteiger charge is -2.08. The van der Waals surface area contributed by atoms with Crippen molar-refractivity contribution in [3.63, 3.8) is 0 Å². The van der Waals surface area contributed by atoms with Crippen molar-refractivity contribution < 1.29 is 9.59 Å². The highest BCUT2D eigenvalue weighted by atomic mass is 16.2. The first-order valence-corrected chi connectivity index (χ1v) is 6.59. The van der Waals surface area contributed by atoms with Crippen molar-refractivity contribution in [2.75, 3.05) is 19.6 Å². The molecule has 2 amide bonds. The van der Waals surface area contributed by atoms with Gasteiger partial charge in [-0.3, -0.25) is 9.59 Å². The SMILES string of the molecule is O=C(CNC(=O)c1ccccc1)NC1C2CNCC21. The average molecular weight is 259 g/mol. The van der Waals surface area contributed by atoms with E-state index in [1.165, 1.54) is 0 Å². The molecule has 1 heterocycles. The van der Waals surface area contributed by atoms with E-state index in [-0.39, 0.29) is 18.4 Å². The molecule has 100 valence electrons. The van der Waals surface area contributed by atoms with Crippen molar-refractivity contribution in [3.8, 4) is 0 Å². The van der Waals surface area contributed by atoms with Gasteiger partial charge in [0.2, 0.25) is 5.91 Å². The molecule has 1 aromatic carbocycles. The fourth-order valence-corrected chi connectivity index (χ4v) is 2.72. The van der Waals surface area contributed by atoms with Crippen molar-refractivity contribution in [1.82, 2.24) is 16.0 Å². The number of fused-ring (bicyclic) bond motifs is 1. The maximum Gasteiger partial charge on any atom is 0.251 e. The van der Waals surface area contributed by atoms with Gasteiger partial charge in [-0.1, -0.05) is 18.2 Å². The van der Waals surface area contributed by atoms with E-state index < -0.39 is 0 Å². The van der Waals surface area contributed by atoms with Crippen molar-refractivity contribution in [3.05, 3.63) is 35.9 Å². The van der Waals surface area contributed by atoms with E-state index in [1.807, 2.05) is 6.07 Å². The number of hydrogen-bond donors (Lipinski definition) is 3. The molecule has 5 heteroatoms. The molecule has 2 unspecified atom stereocenters. The molecular weight excluding hydrogens is 242 g/mol. The molecule has 1 aliphatic heterocycles. The first kappa shape index (κ1) is 12.2. The minimum absolute atomic E-state index is 0.0388. The lowest BCUT2D eigenvalue weighted by Crippen LogP contribution is -2.40. The van der Waals surface area contributed by atoms with Crippen LogP contribution in [0.3, 0.4) is 0 Å². The second-order valence-corrected chi connectivity index (χ2v) is 5.13. The molecule has 0 spiro atoms. The summed E-state index contributed by atoms with van der Waals surface area (Å²) in [5.41, 5.74) is 0.572. The van der Waals surface area contributed by atoms with Gasteiger partial charge >= 0.3 is 0 Å². The zero-order chi connectivity index (χ0) is 13.2. The standard InChI is InChI=1S/C14H17N3O2/c18-12(17-13-10-6-15-7-11(10)13)8-16-14(19)9-4-2-1-3-5-9/h1-5,10-11,13,15H,6-8H2,(H,16,19)(H,17,18). The number of piperidine rings is 1. The van der Waals surface area contributed by atoms with Crippen molar-refractivity contribution in [2.24, 2.45) is 11.8 Å². The van der Waals surface area contributed by atoms with E-state index in [9.17, 15) is 9.59 Å². The number of amides is 2. The number of carbonyl (C=O) groups excluding carboxylic acids is 2. The first-order valence-electron chi connectivity index (χ1n) is 6.59. The Morgan fingerprint density at radius 1 is 1.16 bits per heavy atom. The molecule has 0 radical (unpaired) electrons. The molecule has 1 aromatic rings. The molecule has 1 saturated carbocycles. The molecule has 0 aromatic heterocycles. The van der Waals surface area contributed by atoms with Gasteiger partial charge in [-0.2, -0.15) is 0 Å². The van der Waals surface area contributed by atoms with Crippen LogP contribution in [0.5, 0.6) is 0 Å². The van der Waals surface area contributed by atoms with Gasteiger partial charge in [-0.05, 0) is 24.0 Å². The van der Waals surface area contributed by atoms with E-state index >= 15 is 0 Å². The second-order valence-electron chi connectivity index (χ2n) is 5.13. The van der Waals surface area contributed by atoms with Gasteiger partial charge in [0.05, 0.1) is 6.54 Å². The molecule has 2 aliphatic rings. The van der Waals surface area contributed by atoms with Crippen molar-refractivity contribution in [2.45, 2.75) is 6.04 Å². The van der Waals surface area contributed by atoms with Gasteiger partial charge in [0.25, 0.3) is 5.91 Å². The zero-order valence-corrected chi connectivity index (χ0v) is 10.6. The Hall–Kier alpha value is -1.88. The Balaban J connectivity index is 1.42. The molecule has 2 atom stereocenters. The molecule has 19 heavy (non-hydrogen) atoms. The summed E-state index contributed by atoms with van der Waals surface area (Å²) in [4.78, 5) is 23.5. The average Bonchev–Trinajstić information content (AvgIpc) is 2.89. The molecule has 1 saturated heterocycles. The van der Waals surface area contributed by atoms with Crippen LogP contribution in [0.4, 0.5) is 0 Å². The normalized spacial score (nSPS) is 27.5. The van der Waals surface area contributed by atoms with Crippen LogP contribution in [0.25, 0.3) is 0 Å². The molecule has 1 aliphatic carbocycles. The zero-order valence-electron chi connectivity index (χ0n) is 10.6. The predicted octanol–water partition coefficient (Wildman–Crippen LogP) is -0.250. The third-order valence-electron chi connectivity index (χ3n) is 3.86. The molecule has 3 rings (SSSR count). The van der Waals surface area contributed by atoms with Crippen LogP contribution in [0.15, 0.2) is 30.3 Å². The maximum atomic E-state index is 11.7. The fourth-order valence-electron chi connectivity index (χ4n) is 2.72. The summed E-state index contributed by atoms with van der Waals surface area (Å²) in [6.07, 6.45) is 0. The largest absolute Gasteiger partial charge is 0.351 e. The van der Waals surface area contributed by atoms with Gasteiger partial charge in [-0.25, -0.2) is 0 Å². The first-order chi connectivity index (χ1) is 9.25. The van der Waals surface area contributed by atoms with Crippen molar-refractivity contribution >= 4 is 11.8 Å². The fraction of sp³-hybridized carbons (Fsp3) is 0.429. The van der Waals surface area contributed by atoms with Crippen LogP contribution in [0.1, 0.15) is 10.4 Å². The lowest BCUT2D eigenvalue weighted by molar-refractivity contribution is -0.120. The molecule has 0 bridgehead atoms. The summed E-state index contributed by atoms with van der Waals surface area (Å²) in [5.74, 6) is 0.861. The quantitative estimate of drug-likeness (QED) is 0.698.